The predicted molar refractivity (Wildman–Crippen MR) is 191 cm³/mol. The van der Waals surface area contributed by atoms with E-state index in [4.69, 9.17) is 0 Å². The minimum absolute atomic E-state index is 0.00820. The number of halogens is 2. The molecule has 4 heterocycles. The number of likely N-dealkylation sites (tertiary alicyclic amines) is 3. The van der Waals surface area contributed by atoms with Crippen LogP contribution in [0.4, 0.5) is 15.3 Å². The summed E-state index contributed by atoms with van der Waals surface area (Å²) in [5.41, 5.74) is 1.25. The standard InChI is InChI=1S/C36H45Br2N5O7/c37-29-19-25(20-30(38)33(29)47)23-43(35(49)50)17-10-28(42-16-7-26-3-1-2-4-31(26)39-34(42)48)22-36(43,11-18-44)41-14-8-27(9-15-41)40-12-5-24(6-13-40)21-32(45)46/h1-4,18-20,24,27-28H,5-17,21-23H2,(H3-,39,45,46,47,48,49,50)/t28?,36?,43-/m0/s1. The monoisotopic (exact) mass is 817 g/mol. The van der Waals surface area contributed by atoms with Gasteiger partial charge in [0.05, 0.1) is 21.9 Å². The summed E-state index contributed by atoms with van der Waals surface area (Å²) in [6.07, 6.45) is 4.24. The van der Waals surface area contributed by atoms with Crippen molar-refractivity contribution in [3.63, 3.8) is 0 Å². The lowest BCUT2D eigenvalue weighted by Gasteiger charge is -2.62. The molecule has 0 bridgehead atoms. The number of hydrogen-bond acceptors (Lipinski definition) is 8. The van der Waals surface area contributed by atoms with Crippen molar-refractivity contribution in [2.24, 2.45) is 5.92 Å². The first-order valence-corrected chi connectivity index (χ1v) is 19.1. The third kappa shape index (κ3) is 7.19. The molecule has 2 unspecified atom stereocenters. The van der Waals surface area contributed by atoms with Crippen LogP contribution >= 0.6 is 31.9 Å². The van der Waals surface area contributed by atoms with E-state index in [0.717, 1.165) is 56.3 Å². The van der Waals surface area contributed by atoms with Gasteiger partial charge in [-0.15, -0.1) is 0 Å². The van der Waals surface area contributed by atoms with Crippen LogP contribution in [0.25, 0.3) is 0 Å². The number of phenols is 1. The molecule has 3 atom stereocenters. The fourth-order valence-electron chi connectivity index (χ4n) is 9.15. The number of carboxylic acid groups (broad SMARTS) is 2. The summed E-state index contributed by atoms with van der Waals surface area (Å²) >= 11 is 6.80. The number of aromatic hydroxyl groups is 1. The molecule has 0 radical (unpaired) electrons. The number of amides is 3. The van der Waals surface area contributed by atoms with Gasteiger partial charge < -0.3 is 40.0 Å². The Labute approximate surface area is 309 Å². The fourth-order valence-corrected chi connectivity index (χ4v) is 10.4. The number of anilines is 1. The Bertz CT molecular complexity index is 1590. The molecule has 0 spiro atoms. The average molecular weight is 820 g/mol. The molecule has 4 aliphatic rings. The molecule has 2 aromatic carbocycles. The Hall–Kier alpha value is -3.04. The van der Waals surface area contributed by atoms with E-state index in [-0.39, 0.29) is 62.1 Å². The molecule has 50 heavy (non-hydrogen) atoms. The van der Waals surface area contributed by atoms with E-state index >= 15 is 0 Å². The Balaban J connectivity index is 1.32. The van der Waals surface area contributed by atoms with Crippen molar-refractivity contribution in [1.82, 2.24) is 14.7 Å². The average Bonchev–Trinajstić information content (AvgIpc) is 3.26. The van der Waals surface area contributed by atoms with Crippen molar-refractivity contribution in [2.45, 2.75) is 82.1 Å². The number of aldehydes is 1. The van der Waals surface area contributed by atoms with Crippen molar-refractivity contribution in [1.29, 1.82) is 0 Å². The van der Waals surface area contributed by atoms with E-state index in [1.54, 1.807) is 12.1 Å². The van der Waals surface area contributed by atoms with Crippen LogP contribution in [-0.4, -0.2) is 111 Å². The molecule has 12 nitrogen and oxygen atoms in total. The summed E-state index contributed by atoms with van der Waals surface area (Å²) < 4.78 is 0.332. The highest BCUT2D eigenvalue weighted by Gasteiger charge is 2.61. The van der Waals surface area contributed by atoms with Gasteiger partial charge in [0.1, 0.15) is 18.6 Å². The summed E-state index contributed by atoms with van der Waals surface area (Å²) in [5, 5.41) is 36.5. The molecule has 0 saturated carbocycles. The zero-order valence-corrected chi connectivity index (χ0v) is 31.2. The van der Waals surface area contributed by atoms with Crippen LogP contribution in [0.1, 0.15) is 62.5 Å². The lowest BCUT2D eigenvalue weighted by Crippen LogP contribution is -2.80. The van der Waals surface area contributed by atoms with Crippen molar-refractivity contribution in [2.75, 3.05) is 44.6 Å². The van der Waals surface area contributed by atoms with Crippen LogP contribution in [0.2, 0.25) is 0 Å². The van der Waals surface area contributed by atoms with E-state index in [0.29, 0.717) is 47.0 Å². The van der Waals surface area contributed by atoms with Crippen LogP contribution < -0.4 is 10.4 Å². The van der Waals surface area contributed by atoms with Gasteiger partial charge in [0.2, 0.25) is 0 Å². The number of urea groups is 1. The number of fused-ring (bicyclic) bond motifs is 1. The van der Waals surface area contributed by atoms with Crippen molar-refractivity contribution in [3.8, 4) is 5.75 Å². The van der Waals surface area contributed by atoms with Crippen LogP contribution in [0.3, 0.4) is 0 Å². The first-order chi connectivity index (χ1) is 24.0. The molecule has 3 amide bonds. The van der Waals surface area contributed by atoms with Crippen molar-refractivity contribution >= 4 is 61.9 Å². The summed E-state index contributed by atoms with van der Waals surface area (Å²) in [7, 11) is 0. The number of para-hydroxylation sites is 1. The Morgan fingerprint density at radius 1 is 1.00 bits per heavy atom. The highest BCUT2D eigenvalue weighted by atomic mass is 79.9. The van der Waals surface area contributed by atoms with E-state index in [1.165, 1.54) is 0 Å². The molecular weight excluding hydrogens is 774 g/mol. The predicted octanol–water partition coefficient (Wildman–Crippen LogP) is 4.77. The first kappa shape index (κ1) is 36.7. The number of rotatable bonds is 9. The molecule has 3 N–H and O–H groups in total. The van der Waals surface area contributed by atoms with Gasteiger partial charge in [0.25, 0.3) is 6.09 Å². The third-order valence-corrected chi connectivity index (χ3v) is 13.0. The Morgan fingerprint density at radius 3 is 2.32 bits per heavy atom. The number of carbonyl (C=O) groups is 4. The Kier molecular flexibility index (Phi) is 11.2. The van der Waals surface area contributed by atoms with Gasteiger partial charge >= 0.3 is 12.0 Å². The van der Waals surface area contributed by atoms with Crippen molar-refractivity contribution < 1.29 is 39.0 Å². The number of carbonyl (C=O) groups excluding carboxylic acids is 3. The second-order valence-corrected chi connectivity index (χ2v) is 16.1. The lowest BCUT2D eigenvalue weighted by atomic mass is 9.81. The van der Waals surface area contributed by atoms with Crippen LogP contribution in [0, 0.1) is 5.92 Å². The van der Waals surface area contributed by atoms with E-state index in [2.05, 4.69) is 47.0 Å². The second kappa shape index (κ2) is 15.3. The minimum Gasteiger partial charge on any atom is -0.506 e. The number of quaternary nitrogens is 1. The molecule has 3 fully saturated rings. The molecule has 270 valence electrons. The normalized spacial score (nSPS) is 27.3. The van der Waals surface area contributed by atoms with E-state index in [9.17, 15) is 34.5 Å². The number of nitrogens with one attached hydrogen (secondary N) is 1. The number of piperidine rings is 3. The van der Waals surface area contributed by atoms with Crippen LogP contribution in [-0.2, 0) is 22.6 Å². The smallest absolute Gasteiger partial charge is 0.322 e. The van der Waals surface area contributed by atoms with Crippen LogP contribution in [0.5, 0.6) is 5.75 Å². The quantitative estimate of drug-likeness (QED) is 0.240. The second-order valence-electron chi connectivity index (χ2n) is 14.3. The van der Waals surface area contributed by atoms with Gasteiger partial charge in [0.15, 0.2) is 5.66 Å². The molecule has 14 heteroatoms. The van der Waals surface area contributed by atoms with Crippen LogP contribution in [0.15, 0.2) is 45.3 Å². The van der Waals surface area contributed by atoms with Crippen molar-refractivity contribution in [3.05, 3.63) is 56.5 Å². The zero-order valence-electron chi connectivity index (χ0n) is 28.1. The molecule has 6 rings (SSSR count). The zero-order chi connectivity index (χ0) is 35.6. The summed E-state index contributed by atoms with van der Waals surface area (Å²) in [4.78, 5) is 57.9. The topological polar surface area (TPSA) is 154 Å². The molecule has 4 aliphatic heterocycles. The maximum Gasteiger partial charge on any atom is 0.322 e. The molecule has 3 saturated heterocycles. The number of benzene rings is 2. The van der Waals surface area contributed by atoms with Gasteiger partial charge in [-0.3, -0.25) is 14.2 Å². The Morgan fingerprint density at radius 2 is 1.68 bits per heavy atom. The summed E-state index contributed by atoms with van der Waals surface area (Å²) in [5.74, 6) is -0.565. The molecular formula is C36H45Br2N5O7. The first-order valence-electron chi connectivity index (χ1n) is 17.5. The summed E-state index contributed by atoms with van der Waals surface area (Å²) in [6, 6.07) is 10.9. The maximum absolute atomic E-state index is 13.7. The van der Waals surface area contributed by atoms with Gasteiger partial charge in [-0.25, -0.2) is 4.79 Å². The SMILES string of the molecule is O=CCC1(N2CCC(N3CCC(CC(=O)O)CC3)CC2)CC(N2CCc3ccccc3NC2=O)CC[N@+]1(Cc1cc(Br)c(O)c(Br)c1)C(=O)[O-]. The maximum atomic E-state index is 13.7. The summed E-state index contributed by atoms with van der Waals surface area (Å²) in [6.45, 7) is 3.43. The van der Waals surface area contributed by atoms with E-state index in [1.807, 2.05) is 29.2 Å². The third-order valence-electron chi connectivity index (χ3n) is 11.8. The van der Waals surface area contributed by atoms with Gasteiger partial charge in [-0.2, -0.15) is 0 Å². The number of aliphatic carboxylic acids is 1. The number of phenolic OH excluding ortho intramolecular Hbond substituents is 1. The number of hydrogen-bond donors (Lipinski definition) is 3. The number of nitrogens with zero attached hydrogens (tertiary/aromatic N) is 4. The lowest BCUT2D eigenvalue weighted by molar-refractivity contribution is -0.956. The largest absolute Gasteiger partial charge is 0.506 e. The van der Waals surface area contributed by atoms with Gasteiger partial charge in [0, 0.05) is 62.2 Å². The fraction of sp³-hybridized carbons (Fsp3) is 0.556. The highest BCUT2D eigenvalue weighted by Crippen LogP contribution is 2.46. The van der Waals surface area contributed by atoms with Gasteiger partial charge in [-0.05, 0) is 107 Å². The highest BCUT2D eigenvalue weighted by molar-refractivity contribution is 9.11. The molecule has 2 aromatic rings. The van der Waals surface area contributed by atoms with E-state index < -0.39 is 22.2 Å². The van der Waals surface area contributed by atoms with Gasteiger partial charge in [-0.1, -0.05) is 18.2 Å². The molecule has 0 aliphatic carbocycles. The minimum atomic E-state index is -1.28. The number of carboxylic acids is 1. The molecule has 0 aromatic heterocycles.